The van der Waals surface area contributed by atoms with Gasteiger partial charge < -0.3 is 25.3 Å². The second-order valence-electron chi connectivity index (χ2n) is 12.8. The van der Waals surface area contributed by atoms with Crippen molar-refractivity contribution in [3.05, 3.63) is 51.2 Å². The van der Waals surface area contributed by atoms with E-state index in [1.807, 2.05) is 6.92 Å². The Balaban J connectivity index is 1.28. The molecule has 2 saturated heterocycles. The summed E-state index contributed by atoms with van der Waals surface area (Å²) in [5.41, 5.74) is 1.09. The minimum absolute atomic E-state index is 0.0579. The lowest BCUT2D eigenvalue weighted by Crippen LogP contribution is -2.51. The smallest absolute Gasteiger partial charge is 0.251 e. The van der Waals surface area contributed by atoms with Crippen LogP contribution in [0.1, 0.15) is 89.6 Å². The fourth-order valence-corrected chi connectivity index (χ4v) is 7.59. The van der Waals surface area contributed by atoms with Crippen LogP contribution in [0.3, 0.4) is 0 Å². The van der Waals surface area contributed by atoms with Crippen LogP contribution >= 0.6 is 11.3 Å². The number of nitrogens with one attached hydrogen (secondary N) is 2. The number of halogens is 1. The van der Waals surface area contributed by atoms with Crippen molar-refractivity contribution in [2.24, 2.45) is 0 Å². The van der Waals surface area contributed by atoms with E-state index in [1.54, 1.807) is 21.1 Å². The summed E-state index contributed by atoms with van der Waals surface area (Å²) >= 11 is 1.60. The van der Waals surface area contributed by atoms with Gasteiger partial charge in [-0.3, -0.25) is 24.0 Å². The Kier molecular flexibility index (Phi) is 12.0. The first kappa shape index (κ1) is 34.5. The van der Waals surface area contributed by atoms with Gasteiger partial charge in [0.15, 0.2) is 0 Å². The quantitative estimate of drug-likeness (QED) is 0.416. The Hall–Kier alpha value is -3.87. The SMILES string of the molecule is Cc1sc2nc1CC(=O)N[C@@H](CCCCNC(=O)c1ccc(F)cc1)CC(=O)N(CC(=O)N1CCCCC1)CC(=O)N1CCC2CC1. The normalized spacial score (nSPS) is 21.1. The number of thiazole rings is 1. The number of carbonyl (C=O) groups excluding carboxylic acids is 5. The standard InChI is InChI=1S/C34H45FN6O5S/c1-23-28-20-29(42)37-27(7-3-4-14-36-33(46)24-8-10-26(35)11-9-24)19-30(43)41(21-31(44)39-15-5-2-6-16-39)22-32(45)40-17-12-25(13-18-40)34(38-28)47-23/h8-11,25,27H,2-7,12-22H2,1H3,(H,36,46)(H,37,42)/t27-/m0/s1. The van der Waals surface area contributed by atoms with Crippen LogP contribution < -0.4 is 10.6 Å². The van der Waals surface area contributed by atoms with Gasteiger partial charge in [0.1, 0.15) is 18.9 Å². The van der Waals surface area contributed by atoms with Gasteiger partial charge in [-0.1, -0.05) is 0 Å². The predicted octanol–water partition coefficient (Wildman–Crippen LogP) is 3.17. The Morgan fingerprint density at radius 3 is 2.45 bits per heavy atom. The minimum Gasteiger partial charge on any atom is -0.353 e. The highest BCUT2D eigenvalue weighted by atomic mass is 32.1. The minimum atomic E-state index is -0.534. The summed E-state index contributed by atoms with van der Waals surface area (Å²) in [6.45, 7) is 4.39. The van der Waals surface area contributed by atoms with Crippen molar-refractivity contribution >= 4 is 40.9 Å². The van der Waals surface area contributed by atoms with Gasteiger partial charge in [0.25, 0.3) is 5.91 Å². The van der Waals surface area contributed by atoms with Crippen LogP contribution in [0, 0.1) is 12.7 Å². The molecule has 1 atom stereocenters. The van der Waals surface area contributed by atoms with Gasteiger partial charge in [-0.2, -0.15) is 0 Å². The van der Waals surface area contributed by atoms with Crippen LogP contribution in [0.4, 0.5) is 4.39 Å². The molecule has 13 heteroatoms. The largest absolute Gasteiger partial charge is 0.353 e. The van der Waals surface area contributed by atoms with E-state index in [4.69, 9.17) is 4.98 Å². The number of carbonyl (C=O) groups is 5. The maximum atomic E-state index is 13.8. The molecule has 2 fully saturated rings. The fraction of sp³-hybridized carbons (Fsp3) is 0.588. The van der Waals surface area contributed by atoms with Crippen LogP contribution in [0.5, 0.6) is 0 Å². The van der Waals surface area contributed by atoms with Crippen LogP contribution in [0.25, 0.3) is 0 Å². The third-order valence-corrected chi connectivity index (χ3v) is 10.5. The summed E-state index contributed by atoms with van der Waals surface area (Å²) in [7, 11) is 0. The zero-order chi connectivity index (χ0) is 33.3. The second-order valence-corrected chi connectivity index (χ2v) is 14.0. The number of hydrogen-bond acceptors (Lipinski definition) is 7. The van der Waals surface area contributed by atoms with Gasteiger partial charge in [-0.25, -0.2) is 9.37 Å². The number of aromatic nitrogens is 1. The van der Waals surface area contributed by atoms with Crippen LogP contribution in [0.15, 0.2) is 24.3 Å². The van der Waals surface area contributed by atoms with Gasteiger partial charge in [0, 0.05) is 61.5 Å². The highest BCUT2D eigenvalue weighted by Gasteiger charge is 2.31. The number of nitrogens with zero attached hydrogens (tertiary/aromatic N) is 4. The molecule has 4 bridgehead atoms. The van der Waals surface area contributed by atoms with Crippen molar-refractivity contribution < 1.29 is 28.4 Å². The molecule has 0 aliphatic carbocycles. The molecule has 4 aliphatic rings. The number of benzene rings is 1. The zero-order valence-electron chi connectivity index (χ0n) is 27.1. The molecule has 1 aromatic carbocycles. The number of aryl methyl sites for hydroxylation is 1. The Labute approximate surface area is 279 Å². The van der Waals surface area contributed by atoms with Crippen LogP contribution in [0.2, 0.25) is 0 Å². The molecule has 5 heterocycles. The van der Waals surface area contributed by atoms with Gasteiger partial charge in [0.2, 0.25) is 23.6 Å². The number of unbranched alkanes of at least 4 members (excludes halogenated alkanes) is 1. The van der Waals surface area contributed by atoms with Gasteiger partial charge in [0.05, 0.1) is 17.1 Å². The molecule has 0 unspecified atom stereocenters. The van der Waals surface area contributed by atoms with Crippen molar-refractivity contribution in [2.45, 2.75) is 83.1 Å². The van der Waals surface area contributed by atoms with E-state index in [0.717, 1.165) is 47.7 Å². The third kappa shape index (κ3) is 9.59. The predicted molar refractivity (Wildman–Crippen MR) is 175 cm³/mol. The third-order valence-electron chi connectivity index (χ3n) is 9.31. The molecule has 0 radical (unpaired) electrons. The van der Waals surface area contributed by atoms with Gasteiger partial charge in [-0.15, -0.1) is 11.3 Å². The highest BCUT2D eigenvalue weighted by Crippen LogP contribution is 2.33. The van der Waals surface area contributed by atoms with E-state index in [-0.39, 0.29) is 61.4 Å². The molecule has 6 rings (SSSR count). The molecule has 2 N–H and O–H groups in total. The maximum Gasteiger partial charge on any atom is 0.251 e. The van der Waals surface area contributed by atoms with E-state index in [0.29, 0.717) is 57.5 Å². The average Bonchev–Trinajstić information content (AvgIpc) is 3.43. The van der Waals surface area contributed by atoms with Crippen molar-refractivity contribution in [2.75, 3.05) is 45.8 Å². The highest BCUT2D eigenvalue weighted by molar-refractivity contribution is 7.11. The summed E-state index contributed by atoms with van der Waals surface area (Å²) in [5, 5.41) is 6.85. The average molecular weight is 669 g/mol. The second kappa shape index (κ2) is 16.3. The van der Waals surface area contributed by atoms with E-state index < -0.39 is 11.9 Å². The first-order chi connectivity index (χ1) is 22.7. The van der Waals surface area contributed by atoms with E-state index in [1.165, 1.54) is 29.2 Å². The molecular formula is C34H45FN6O5S. The van der Waals surface area contributed by atoms with Crippen molar-refractivity contribution in [1.82, 2.24) is 30.3 Å². The lowest BCUT2D eigenvalue weighted by atomic mass is 9.97. The summed E-state index contributed by atoms with van der Waals surface area (Å²) in [6.07, 6.45) is 6.14. The topological polar surface area (TPSA) is 132 Å². The maximum absolute atomic E-state index is 13.8. The number of piperidine rings is 2. The summed E-state index contributed by atoms with van der Waals surface area (Å²) in [4.78, 5) is 77.0. The fourth-order valence-electron chi connectivity index (χ4n) is 6.48. The summed E-state index contributed by atoms with van der Waals surface area (Å²) < 4.78 is 13.2. The molecule has 254 valence electrons. The van der Waals surface area contributed by atoms with Crippen molar-refractivity contribution in [1.29, 1.82) is 0 Å². The molecule has 1 aromatic heterocycles. The van der Waals surface area contributed by atoms with Crippen LogP contribution in [-0.2, 0) is 25.6 Å². The Morgan fingerprint density at radius 1 is 1.00 bits per heavy atom. The van der Waals surface area contributed by atoms with Gasteiger partial charge in [-0.05, 0) is 82.6 Å². The zero-order valence-corrected chi connectivity index (χ0v) is 27.9. The molecule has 2 aromatic rings. The van der Waals surface area contributed by atoms with E-state index in [2.05, 4.69) is 10.6 Å². The van der Waals surface area contributed by atoms with E-state index in [9.17, 15) is 28.4 Å². The molecule has 5 amide bonds. The van der Waals surface area contributed by atoms with Crippen LogP contribution in [-0.4, -0.2) is 101 Å². The molecule has 0 spiro atoms. The summed E-state index contributed by atoms with van der Waals surface area (Å²) in [5.74, 6) is -1.44. The number of fused-ring (bicyclic) bond motifs is 10. The number of hydrogen-bond donors (Lipinski definition) is 2. The molecule has 47 heavy (non-hydrogen) atoms. The molecule has 4 aliphatic heterocycles. The molecular weight excluding hydrogens is 623 g/mol. The number of rotatable bonds is 8. The first-order valence-electron chi connectivity index (χ1n) is 16.8. The summed E-state index contributed by atoms with van der Waals surface area (Å²) in [6, 6.07) is 4.78. The monoisotopic (exact) mass is 668 g/mol. The Morgan fingerprint density at radius 2 is 1.72 bits per heavy atom. The van der Waals surface area contributed by atoms with E-state index >= 15 is 0 Å². The first-order valence-corrected chi connectivity index (χ1v) is 17.6. The molecule has 11 nitrogen and oxygen atoms in total. The number of likely N-dealkylation sites (tertiary alicyclic amines) is 1. The Bertz CT molecular complexity index is 1430. The number of amides is 5. The van der Waals surface area contributed by atoms with Crippen molar-refractivity contribution in [3.8, 4) is 0 Å². The van der Waals surface area contributed by atoms with Gasteiger partial charge >= 0.3 is 0 Å². The lowest BCUT2D eigenvalue weighted by molar-refractivity contribution is -0.146. The lowest BCUT2D eigenvalue weighted by Gasteiger charge is -2.34. The molecule has 0 saturated carbocycles. The van der Waals surface area contributed by atoms with Crippen molar-refractivity contribution in [3.63, 3.8) is 0 Å².